The SMILES string of the molecule is CCc1nn(C)c(C(=O)N(C)C2CCCC(C)C2)c1N. The summed E-state index contributed by atoms with van der Waals surface area (Å²) in [6, 6.07) is 0.325. The van der Waals surface area contributed by atoms with Gasteiger partial charge in [-0.25, -0.2) is 0 Å². The highest BCUT2D eigenvalue weighted by atomic mass is 16.2. The van der Waals surface area contributed by atoms with Gasteiger partial charge in [-0.3, -0.25) is 9.48 Å². The fraction of sp³-hybridized carbons (Fsp3) is 0.733. The van der Waals surface area contributed by atoms with Crippen molar-refractivity contribution in [3.05, 3.63) is 11.4 Å². The Hall–Kier alpha value is -1.52. The Morgan fingerprint density at radius 1 is 1.50 bits per heavy atom. The molecule has 1 amide bonds. The Bertz CT molecular complexity index is 494. The molecule has 1 fully saturated rings. The van der Waals surface area contributed by atoms with Crippen LogP contribution in [0.1, 0.15) is 55.7 Å². The summed E-state index contributed by atoms with van der Waals surface area (Å²) in [5.74, 6) is 0.690. The van der Waals surface area contributed by atoms with Crippen molar-refractivity contribution >= 4 is 11.6 Å². The number of aromatic nitrogens is 2. The van der Waals surface area contributed by atoms with Crippen LogP contribution >= 0.6 is 0 Å². The van der Waals surface area contributed by atoms with E-state index in [2.05, 4.69) is 12.0 Å². The van der Waals surface area contributed by atoms with Crippen LogP contribution in [0.4, 0.5) is 5.69 Å². The summed E-state index contributed by atoms with van der Waals surface area (Å²) in [6.07, 6.45) is 5.39. The number of aryl methyl sites for hydroxylation is 2. The average molecular weight is 278 g/mol. The highest BCUT2D eigenvalue weighted by Gasteiger charge is 2.29. The minimum Gasteiger partial charge on any atom is -0.395 e. The molecule has 2 unspecified atom stereocenters. The summed E-state index contributed by atoms with van der Waals surface area (Å²) in [5.41, 5.74) is 7.95. The van der Waals surface area contributed by atoms with E-state index in [1.54, 1.807) is 11.7 Å². The molecule has 1 aliphatic carbocycles. The number of carbonyl (C=O) groups excluding carboxylic acids is 1. The van der Waals surface area contributed by atoms with Crippen LogP contribution < -0.4 is 5.73 Å². The van der Waals surface area contributed by atoms with E-state index >= 15 is 0 Å². The minimum atomic E-state index is -0.00343. The Kier molecular flexibility index (Phi) is 4.35. The summed E-state index contributed by atoms with van der Waals surface area (Å²) >= 11 is 0. The first kappa shape index (κ1) is 14.9. The van der Waals surface area contributed by atoms with Crippen LogP contribution in [-0.2, 0) is 13.5 Å². The van der Waals surface area contributed by atoms with Gasteiger partial charge in [-0.15, -0.1) is 0 Å². The molecule has 5 nitrogen and oxygen atoms in total. The highest BCUT2D eigenvalue weighted by molar-refractivity contribution is 5.98. The van der Waals surface area contributed by atoms with Crippen LogP contribution in [0.3, 0.4) is 0 Å². The number of nitrogens with zero attached hydrogens (tertiary/aromatic N) is 3. The van der Waals surface area contributed by atoms with Crippen LogP contribution in [0, 0.1) is 5.92 Å². The number of carbonyl (C=O) groups is 1. The van der Waals surface area contributed by atoms with Crippen molar-refractivity contribution in [3.63, 3.8) is 0 Å². The maximum absolute atomic E-state index is 12.7. The highest BCUT2D eigenvalue weighted by Crippen LogP contribution is 2.28. The van der Waals surface area contributed by atoms with Crippen molar-refractivity contribution in [1.29, 1.82) is 0 Å². The summed E-state index contributed by atoms with van der Waals surface area (Å²) in [4.78, 5) is 14.6. The Morgan fingerprint density at radius 2 is 2.20 bits per heavy atom. The molecule has 2 N–H and O–H groups in total. The lowest BCUT2D eigenvalue weighted by atomic mass is 9.86. The van der Waals surface area contributed by atoms with Gasteiger partial charge in [0.15, 0.2) is 0 Å². The molecule has 2 rings (SSSR count). The second-order valence-electron chi connectivity index (χ2n) is 6.03. The van der Waals surface area contributed by atoms with Crippen molar-refractivity contribution in [1.82, 2.24) is 14.7 Å². The molecule has 0 bridgehead atoms. The van der Waals surface area contributed by atoms with E-state index in [0.29, 0.717) is 23.3 Å². The van der Waals surface area contributed by atoms with E-state index in [1.807, 2.05) is 18.9 Å². The van der Waals surface area contributed by atoms with Gasteiger partial charge in [-0.05, 0) is 25.2 Å². The fourth-order valence-corrected chi connectivity index (χ4v) is 3.20. The summed E-state index contributed by atoms with van der Waals surface area (Å²) < 4.78 is 1.62. The molecular formula is C15H26N4O. The van der Waals surface area contributed by atoms with Gasteiger partial charge in [-0.2, -0.15) is 5.10 Å². The molecule has 1 aromatic heterocycles. The van der Waals surface area contributed by atoms with Crippen molar-refractivity contribution < 1.29 is 4.79 Å². The number of nitrogens with two attached hydrogens (primary N) is 1. The Balaban J connectivity index is 2.20. The lowest BCUT2D eigenvalue weighted by Crippen LogP contribution is -2.40. The predicted molar refractivity (Wildman–Crippen MR) is 80.5 cm³/mol. The molecular weight excluding hydrogens is 252 g/mol. The van der Waals surface area contributed by atoms with Crippen molar-refractivity contribution in [2.24, 2.45) is 13.0 Å². The third-order valence-electron chi connectivity index (χ3n) is 4.47. The molecule has 112 valence electrons. The second-order valence-corrected chi connectivity index (χ2v) is 6.03. The molecule has 0 spiro atoms. The topological polar surface area (TPSA) is 64.2 Å². The molecule has 1 aliphatic rings. The maximum Gasteiger partial charge on any atom is 0.274 e. The van der Waals surface area contributed by atoms with Gasteiger partial charge in [-0.1, -0.05) is 26.7 Å². The third kappa shape index (κ3) is 2.67. The second kappa shape index (κ2) is 5.85. The molecule has 0 radical (unpaired) electrons. The molecule has 0 saturated heterocycles. The number of hydrogen-bond acceptors (Lipinski definition) is 3. The number of amides is 1. The number of rotatable bonds is 3. The van der Waals surface area contributed by atoms with Crippen molar-refractivity contribution in [3.8, 4) is 0 Å². The monoisotopic (exact) mass is 278 g/mol. The molecule has 5 heteroatoms. The van der Waals surface area contributed by atoms with E-state index in [9.17, 15) is 4.79 Å². The first-order chi connectivity index (χ1) is 9.45. The van der Waals surface area contributed by atoms with Crippen LogP contribution in [0.25, 0.3) is 0 Å². The van der Waals surface area contributed by atoms with E-state index in [1.165, 1.54) is 12.8 Å². The van der Waals surface area contributed by atoms with E-state index < -0.39 is 0 Å². The van der Waals surface area contributed by atoms with Gasteiger partial charge in [0, 0.05) is 20.1 Å². The van der Waals surface area contributed by atoms with E-state index in [4.69, 9.17) is 5.73 Å². The largest absolute Gasteiger partial charge is 0.395 e. The van der Waals surface area contributed by atoms with Crippen LogP contribution in [0.2, 0.25) is 0 Å². The van der Waals surface area contributed by atoms with Gasteiger partial charge in [0.25, 0.3) is 5.91 Å². The van der Waals surface area contributed by atoms with E-state index in [0.717, 1.165) is 25.0 Å². The molecule has 1 aromatic rings. The molecule has 1 saturated carbocycles. The zero-order valence-electron chi connectivity index (χ0n) is 13.0. The number of hydrogen-bond donors (Lipinski definition) is 1. The minimum absolute atomic E-state index is 0.00343. The van der Waals surface area contributed by atoms with Crippen molar-refractivity contribution in [2.75, 3.05) is 12.8 Å². The molecule has 0 aliphatic heterocycles. The van der Waals surface area contributed by atoms with Gasteiger partial charge in [0.05, 0.1) is 11.4 Å². The van der Waals surface area contributed by atoms with Crippen molar-refractivity contribution in [2.45, 2.75) is 52.0 Å². The summed E-state index contributed by atoms with van der Waals surface area (Å²) in [7, 11) is 3.68. The standard InChI is InChI=1S/C15H26N4O/c1-5-12-13(16)14(19(4)17-12)15(20)18(3)11-8-6-7-10(2)9-11/h10-11H,5-9,16H2,1-4H3. The molecule has 20 heavy (non-hydrogen) atoms. The van der Waals surface area contributed by atoms with Gasteiger partial charge >= 0.3 is 0 Å². The zero-order chi connectivity index (χ0) is 14.9. The summed E-state index contributed by atoms with van der Waals surface area (Å²) in [5, 5.41) is 4.34. The number of nitrogen functional groups attached to an aromatic ring is 1. The fourth-order valence-electron chi connectivity index (χ4n) is 3.20. The normalized spacial score (nSPS) is 22.8. The Morgan fingerprint density at radius 3 is 2.75 bits per heavy atom. The lowest BCUT2D eigenvalue weighted by Gasteiger charge is -2.34. The van der Waals surface area contributed by atoms with E-state index in [-0.39, 0.29) is 5.91 Å². The maximum atomic E-state index is 12.7. The van der Waals surface area contributed by atoms with Crippen LogP contribution in [0.5, 0.6) is 0 Å². The van der Waals surface area contributed by atoms with Gasteiger partial charge in [0.2, 0.25) is 0 Å². The van der Waals surface area contributed by atoms with Gasteiger partial charge < -0.3 is 10.6 Å². The number of anilines is 1. The van der Waals surface area contributed by atoms with Gasteiger partial charge in [0.1, 0.15) is 5.69 Å². The smallest absolute Gasteiger partial charge is 0.274 e. The molecule has 1 heterocycles. The van der Waals surface area contributed by atoms with Crippen LogP contribution in [0.15, 0.2) is 0 Å². The zero-order valence-corrected chi connectivity index (χ0v) is 13.0. The molecule has 2 atom stereocenters. The lowest BCUT2D eigenvalue weighted by molar-refractivity contribution is 0.0662. The predicted octanol–water partition coefficient (Wildman–Crippen LogP) is 2.22. The molecule has 0 aromatic carbocycles. The average Bonchev–Trinajstić information content (AvgIpc) is 2.71. The quantitative estimate of drug-likeness (QED) is 0.922. The summed E-state index contributed by atoms with van der Waals surface area (Å²) in [6.45, 7) is 4.26. The van der Waals surface area contributed by atoms with Crippen LogP contribution in [-0.4, -0.2) is 33.7 Å². The first-order valence-electron chi connectivity index (χ1n) is 7.54. The Labute approximate surface area is 121 Å². The first-order valence-corrected chi connectivity index (χ1v) is 7.54. The third-order valence-corrected chi connectivity index (χ3v) is 4.47.